The van der Waals surface area contributed by atoms with Crippen molar-refractivity contribution in [1.29, 1.82) is 0 Å². The van der Waals surface area contributed by atoms with Gasteiger partial charge in [0.2, 0.25) is 5.91 Å². The average Bonchev–Trinajstić information content (AvgIpc) is 3.16. The van der Waals surface area contributed by atoms with E-state index in [9.17, 15) is 4.79 Å². The first-order chi connectivity index (χ1) is 10.7. The molecule has 1 atom stereocenters. The van der Waals surface area contributed by atoms with Crippen molar-refractivity contribution in [1.82, 2.24) is 9.88 Å². The summed E-state index contributed by atoms with van der Waals surface area (Å²) in [5.74, 6) is 0.115. The number of likely N-dealkylation sites (tertiary alicyclic amines) is 1. The first-order valence-electron chi connectivity index (χ1n) is 7.38. The standard InChI is InChI=1S/C16H18ClN3OS/c17-14-6-2-1-5-13(14)16-19-11(10-22-16)8-15(21)20-7-3-4-12(20)9-18/h1-2,5-6,10,12H,3-4,7-9,18H2/t12-/m1/s1. The average molecular weight is 336 g/mol. The molecule has 6 heteroatoms. The number of nitrogens with two attached hydrogens (primary N) is 1. The Kier molecular flexibility index (Phi) is 4.76. The summed E-state index contributed by atoms with van der Waals surface area (Å²) < 4.78 is 0. The number of rotatable bonds is 4. The Morgan fingerprint density at radius 1 is 1.45 bits per heavy atom. The molecule has 1 aliphatic heterocycles. The van der Waals surface area contributed by atoms with Gasteiger partial charge in [0.1, 0.15) is 5.01 Å². The van der Waals surface area contributed by atoms with Crippen molar-refractivity contribution >= 4 is 28.8 Å². The van der Waals surface area contributed by atoms with E-state index >= 15 is 0 Å². The summed E-state index contributed by atoms with van der Waals surface area (Å²) in [4.78, 5) is 18.9. The van der Waals surface area contributed by atoms with E-state index in [0.717, 1.165) is 35.7 Å². The van der Waals surface area contributed by atoms with Crippen LogP contribution in [0.3, 0.4) is 0 Å². The fraction of sp³-hybridized carbons (Fsp3) is 0.375. The third kappa shape index (κ3) is 3.16. The van der Waals surface area contributed by atoms with Gasteiger partial charge in [-0.05, 0) is 18.9 Å². The molecule has 116 valence electrons. The third-order valence-corrected chi connectivity index (χ3v) is 5.21. The van der Waals surface area contributed by atoms with Crippen LogP contribution in [0.5, 0.6) is 0 Å². The summed E-state index contributed by atoms with van der Waals surface area (Å²) in [5.41, 5.74) is 7.44. The van der Waals surface area contributed by atoms with Crippen molar-refractivity contribution in [2.45, 2.75) is 25.3 Å². The Balaban J connectivity index is 1.72. The second-order valence-corrected chi connectivity index (χ2v) is 6.68. The number of aromatic nitrogens is 1. The Bertz CT molecular complexity index is 673. The van der Waals surface area contributed by atoms with Gasteiger partial charge in [-0.2, -0.15) is 0 Å². The summed E-state index contributed by atoms with van der Waals surface area (Å²) in [6.45, 7) is 1.34. The highest BCUT2D eigenvalue weighted by Crippen LogP contribution is 2.30. The molecule has 1 fully saturated rings. The first kappa shape index (κ1) is 15.5. The van der Waals surface area contributed by atoms with Crippen LogP contribution in [0.1, 0.15) is 18.5 Å². The van der Waals surface area contributed by atoms with Crippen LogP contribution >= 0.6 is 22.9 Å². The second kappa shape index (κ2) is 6.77. The molecule has 3 rings (SSSR count). The van der Waals surface area contributed by atoms with Gasteiger partial charge < -0.3 is 10.6 Å². The Hall–Kier alpha value is -1.43. The fourth-order valence-corrected chi connectivity index (χ4v) is 3.95. The maximum atomic E-state index is 12.4. The molecule has 0 saturated carbocycles. The van der Waals surface area contributed by atoms with Crippen molar-refractivity contribution in [3.05, 3.63) is 40.4 Å². The maximum Gasteiger partial charge on any atom is 0.228 e. The SMILES string of the molecule is NC[C@H]1CCCN1C(=O)Cc1csc(-c2ccccc2Cl)n1. The van der Waals surface area contributed by atoms with E-state index in [1.165, 1.54) is 11.3 Å². The minimum absolute atomic E-state index is 0.115. The lowest BCUT2D eigenvalue weighted by Gasteiger charge is -2.23. The van der Waals surface area contributed by atoms with Gasteiger partial charge in [-0.3, -0.25) is 4.79 Å². The van der Waals surface area contributed by atoms with Crippen LogP contribution < -0.4 is 5.73 Å². The van der Waals surface area contributed by atoms with Gasteiger partial charge in [0, 0.05) is 30.1 Å². The predicted octanol–water partition coefficient (Wildman–Crippen LogP) is 2.96. The number of benzene rings is 1. The van der Waals surface area contributed by atoms with Gasteiger partial charge in [0.05, 0.1) is 17.1 Å². The van der Waals surface area contributed by atoms with Crippen LogP contribution in [0.25, 0.3) is 10.6 Å². The molecule has 0 radical (unpaired) electrons. The van der Waals surface area contributed by atoms with Gasteiger partial charge in [0.25, 0.3) is 0 Å². The highest BCUT2D eigenvalue weighted by molar-refractivity contribution is 7.13. The fourth-order valence-electron chi connectivity index (χ4n) is 2.81. The van der Waals surface area contributed by atoms with Crippen molar-refractivity contribution in [2.75, 3.05) is 13.1 Å². The van der Waals surface area contributed by atoms with Crippen molar-refractivity contribution in [3.8, 4) is 10.6 Å². The zero-order valence-electron chi connectivity index (χ0n) is 12.2. The Morgan fingerprint density at radius 2 is 2.27 bits per heavy atom. The third-order valence-electron chi connectivity index (χ3n) is 3.96. The van der Waals surface area contributed by atoms with Crippen LogP contribution in [0, 0.1) is 0 Å². The Labute approximate surface area is 138 Å². The quantitative estimate of drug-likeness (QED) is 0.934. The zero-order valence-corrected chi connectivity index (χ0v) is 13.7. The molecular formula is C16H18ClN3OS. The van der Waals surface area contributed by atoms with E-state index in [1.54, 1.807) is 0 Å². The molecule has 0 unspecified atom stereocenters. The van der Waals surface area contributed by atoms with Crippen LogP contribution in [-0.2, 0) is 11.2 Å². The second-order valence-electron chi connectivity index (χ2n) is 5.42. The molecule has 1 saturated heterocycles. The van der Waals surface area contributed by atoms with Gasteiger partial charge in [-0.1, -0.05) is 29.8 Å². The van der Waals surface area contributed by atoms with E-state index in [-0.39, 0.29) is 11.9 Å². The molecule has 2 N–H and O–H groups in total. The largest absolute Gasteiger partial charge is 0.338 e. The number of nitrogens with zero attached hydrogens (tertiary/aromatic N) is 2. The van der Waals surface area contributed by atoms with Crippen LogP contribution in [-0.4, -0.2) is 34.9 Å². The topological polar surface area (TPSA) is 59.2 Å². The molecule has 1 amide bonds. The van der Waals surface area contributed by atoms with E-state index in [1.807, 2.05) is 34.5 Å². The summed E-state index contributed by atoms with van der Waals surface area (Å²) in [7, 11) is 0. The molecule has 0 spiro atoms. The number of hydrogen-bond acceptors (Lipinski definition) is 4. The van der Waals surface area contributed by atoms with Gasteiger partial charge in [-0.25, -0.2) is 4.98 Å². The van der Waals surface area contributed by atoms with Crippen molar-refractivity contribution in [3.63, 3.8) is 0 Å². The van der Waals surface area contributed by atoms with Crippen LogP contribution in [0.2, 0.25) is 5.02 Å². The number of hydrogen-bond donors (Lipinski definition) is 1. The minimum atomic E-state index is 0.115. The first-order valence-corrected chi connectivity index (χ1v) is 8.63. The number of amides is 1. The van der Waals surface area contributed by atoms with Gasteiger partial charge in [0.15, 0.2) is 0 Å². The van der Waals surface area contributed by atoms with E-state index in [0.29, 0.717) is 18.0 Å². The molecule has 1 aromatic heterocycles. The number of carbonyl (C=O) groups excluding carboxylic acids is 1. The minimum Gasteiger partial charge on any atom is -0.338 e. The molecule has 4 nitrogen and oxygen atoms in total. The van der Waals surface area contributed by atoms with Crippen LogP contribution in [0.4, 0.5) is 0 Å². The van der Waals surface area contributed by atoms with Crippen LogP contribution in [0.15, 0.2) is 29.6 Å². The summed E-state index contributed by atoms with van der Waals surface area (Å²) in [6.07, 6.45) is 2.37. The zero-order chi connectivity index (χ0) is 15.5. The summed E-state index contributed by atoms with van der Waals surface area (Å²) >= 11 is 7.71. The van der Waals surface area contributed by atoms with E-state index in [2.05, 4.69) is 4.98 Å². The molecule has 2 aromatic rings. The molecule has 0 bridgehead atoms. The molecule has 1 aromatic carbocycles. The lowest BCUT2D eigenvalue weighted by molar-refractivity contribution is -0.131. The van der Waals surface area contributed by atoms with E-state index < -0.39 is 0 Å². The predicted molar refractivity (Wildman–Crippen MR) is 90.1 cm³/mol. The molecule has 0 aliphatic carbocycles. The summed E-state index contributed by atoms with van der Waals surface area (Å²) in [5, 5.41) is 3.46. The Morgan fingerprint density at radius 3 is 3.05 bits per heavy atom. The number of thiazole rings is 1. The molecule has 2 heterocycles. The van der Waals surface area contributed by atoms with E-state index in [4.69, 9.17) is 17.3 Å². The van der Waals surface area contributed by atoms with Crippen molar-refractivity contribution in [2.24, 2.45) is 5.73 Å². The normalized spacial score (nSPS) is 17.9. The van der Waals surface area contributed by atoms with Gasteiger partial charge in [-0.15, -0.1) is 11.3 Å². The summed E-state index contributed by atoms with van der Waals surface area (Å²) in [6, 6.07) is 7.80. The molecule has 22 heavy (non-hydrogen) atoms. The number of halogens is 1. The van der Waals surface area contributed by atoms with Crippen molar-refractivity contribution < 1.29 is 4.79 Å². The number of carbonyl (C=O) groups is 1. The molecular weight excluding hydrogens is 318 g/mol. The lowest BCUT2D eigenvalue weighted by atomic mass is 10.2. The monoisotopic (exact) mass is 335 g/mol. The highest BCUT2D eigenvalue weighted by Gasteiger charge is 2.27. The van der Waals surface area contributed by atoms with Gasteiger partial charge >= 0.3 is 0 Å². The molecule has 1 aliphatic rings. The lowest BCUT2D eigenvalue weighted by Crippen LogP contribution is -2.40. The highest BCUT2D eigenvalue weighted by atomic mass is 35.5. The maximum absolute atomic E-state index is 12.4. The smallest absolute Gasteiger partial charge is 0.228 e.